The van der Waals surface area contributed by atoms with E-state index in [4.69, 9.17) is 41.7 Å². The first-order valence-corrected chi connectivity index (χ1v) is 27.0. The van der Waals surface area contributed by atoms with Crippen LogP contribution in [0.5, 0.6) is 11.5 Å². The Labute approximate surface area is 412 Å². The van der Waals surface area contributed by atoms with Gasteiger partial charge in [-0.25, -0.2) is 0 Å². The molecule has 2 heterocycles. The standard InChI is InChI=1S/C54H66Cl2N2O5PS2/c1-39(2)31-45-19-15-41(35-49(45)55)11-5-25-60-51-21-17-43(33-47(51)53-13-7-29-65-53)37-57-23-9-27-62-64(59)63-28-10-24-58-38-44-18-22-52(48(34-44)54-14-8-30-66-54)61-26-6-12-42-16-20-46(32-40(3)4)50(56)36-42/h7-8,13-22,29-30,33-36,39-40,57-58H,5-6,9-12,23-28,31-32,37-38H2,1-4H3/q+1. The monoisotopic (exact) mass is 987 g/mol. The molecule has 2 aromatic heterocycles. The van der Waals surface area contributed by atoms with E-state index < -0.39 is 8.25 Å². The lowest BCUT2D eigenvalue weighted by Gasteiger charge is -2.14. The first-order chi connectivity index (χ1) is 32.1. The van der Waals surface area contributed by atoms with Crippen LogP contribution < -0.4 is 20.1 Å². The largest absolute Gasteiger partial charge is 0.697 e. The van der Waals surface area contributed by atoms with Gasteiger partial charge in [0.05, 0.1) is 13.2 Å². The Hall–Kier alpha value is -3.60. The van der Waals surface area contributed by atoms with Crippen LogP contribution in [0.15, 0.2) is 108 Å². The predicted molar refractivity (Wildman–Crippen MR) is 279 cm³/mol. The van der Waals surface area contributed by atoms with Gasteiger partial charge >= 0.3 is 8.25 Å². The smallest absolute Gasteiger partial charge is 0.493 e. The molecule has 0 spiro atoms. The van der Waals surface area contributed by atoms with Crippen molar-refractivity contribution in [3.63, 3.8) is 0 Å². The average Bonchev–Trinajstić information content (AvgIpc) is 4.05. The summed E-state index contributed by atoms with van der Waals surface area (Å²) in [7, 11) is -2.16. The SMILES string of the molecule is CC(C)Cc1ccc(CCCOc2ccc(CNCCCO[P+](=O)OCCCNCc3ccc(OCCCc4ccc(CC(C)C)c(Cl)c4)c(-c4cccs4)c3)cc2-c2cccs2)cc1Cl. The van der Waals surface area contributed by atoms with Gasteiger partial charge in [-0.05, 0) is 169 Å². The third-order valence-corrected chi connectivity index (χ3v) is 14.2. The van der Waals surface area contributed by atoms with Crippen molar-refractivity contribution in [2.45, 2.75) is 92.2 Å². The average molecular weight is 989 g/mol. The van der Waals surface area contributed by atoms with Gasteiger partial charge in [-0.2, -0.15) is 0 Å². The molecule has 6 rings (SSSR count). The molecule has 0 radical (unpaired) electrons. The Bertz CT molecular complexity index is 2210. The summed E-state index contributed by atoms with van der Waals surface area (Å²) >= 11 is 16.6. The van der Waals surface area contributed by atoms with E-state index in [9.17, 15) is 4.57 Å². The van der Waals surface area contributed by atoms with E-state index in [1.54, 1.807) is 22.7 Å². The molecule has 0 bridgehead atoms. The number of benzene rings is 4. The highest BCUT2D eigenvalue weighted by molar-refractivity contribution is 7.33. The molecule has 12 heteroatoms. The third kappa shape index (κ3) is 17.5. The van der Waals surface area contributed by atoms with E-state index in [-0.39, 0.29) is 0 Å². The van der Waals surface area contributed by atoms with Crippen LogP contribution in [-0.4, -0.2) is 39.5 Å². The highest BCUT2D eigenvalue weighted by Gasteiger charge is 2.19. The van der Waals surface area contributed by atoms with Gasteiger partial charge in [0.25, 0.3) is 0 Å². The van der Waals surface area contributed by atoms with E-state index in [2.05, 4.69) is 146 Å². The van der Waals surface area contributed by atoms with Crippen LogP contribution in [0.1, 0.15) is 86.8 Å². The molecule has 2 N–H and O–H groups in total. The second kappa shape index (κ2) is 28.0. The number of hydrogen-bond acceptors (Lipinski definition) is 9. The van der Waals surface area contributed by atoms with E-state index in [1.807, 2.05) is 0 Å². The molecular formula is C54H66Cl2N2O5PS2+. The minimum absolute atomic E-state index is 0.357. The van der Waals surface area contributed by atoms with Crippen molar-refractivity contribution in [1.29, 1.82) is 0 Å². The third-order valence-electron chi connectivity index (χ3n) is 10.9. The number of aryl methyl sites for hydroxylation is 2. The molecule has 66 heavy (non-hydrogen) atoms. The minimum atomic E-state index is -2.16. The van der Waals surface area contributed by atoms with Gasteiger partial charge in [0.1, 0.15) is 24.7 Å². The predicted octanol–water partition coefficient (Wildman–Crippen LogP) is 15.2. The van der Waals surface area contributed by atoms with Crippen molar-refractivity contribution < 1.29 is 23.1 Å². The van der Waals surface area contributed by atoms with Crippen LogP contribution in [0.4, 0.5) is 0 Å². The van der Waals surface area contributed by atoms with E-state index in [0.717, 1.165) is 97.1 Å². The van der Waals surface area contributed by atoms with Crippen LogP contribution in [0.2, 0.25) is 10.0 Å². The second-order valence-electron chi connectivity index (χ2n) is 17.5. The highest BCUT2D eigenvalue weighted by atomic mass is 35.5. The molecule has 6 aromatic rings. The van der Waals surface area contributed by atoms with Crippen LogP contribution >= 0.6 is 54.1 Å². The summed E-state index contributed by atoms with van der Waals surface area (Å²) in [6.45, 7) is 13.7. The van der Waals surface area contributed by atoms with E-state index in [0.29, 0.717) is 51.4 Å². The zero-order valence-corrected chi connectivity index (χ0v) is 43.0. The number of nitrogens with one attached hydrogen (secondary N) is 2. The topological polar surface area (TPSA) is 78.1 Å². The lowest BCUT2D eigenvalue weighted by Crippen LogP contribution is -2.16. The minimum Gasteiger partial charge on any atom is -0.493 e. The zero-order chi connectivity index (χ0) is 46.5. The molecule has 0 unspecified atom stereocenters. The Morgan fingerprint density at radius 1 is 0.545 bits per heavy atom. The fraction of sp³-hybridized carbons (Fsp3) is 0.407. The number of halogens is 2. The maximum Gasteiger partial charge on any atom is 0.697 e. The Morgan fingerprint density at radius 3 is 1.38 bits per heavy atom. The van der Waals surface area contributed by atoms with Gasteiger partial charge in [0.15, 0.2) is 0 Å². The maximum atomic E-state index is 12.4. The molecule has 0 fully saturated rings. The normalized spacial score (nSPS) is 11.5. The van der Waals surface area contributed by atoms with Gasteiger partial charge in [-0.1, -0.05) is 99.4 Å². The van der Waals surface area contributed by atoms with Gasteiger partial charge in [-0.3, -0.25) is 0 Å². The molecule has 0 atom stereocenters. The molecule has 352 valence electrons. The Balaban J connectivity index is 0.831. The molecule has 4 aromatic carbocycles. The maximum absolute atomic E-state index is 12.4. The second-order valence-corrected chi connectivity index (χ2v) is 21.2. The first-order valence-electron chi connectivity index (χ1n) is 23.4. The van der Waals surface area contributed by atoms with Gasteiger partial charge < -0.3 is 20.1 Å². The lowest BCUT2D eigenvalue weighted by molar-refractivity contribution is 0.220. The number of hydrogen-bond donors (Lipinski definition) is 2. The van der Waals surface area contributed by atoms with Crippen molar-refractivity contribution in [1.82, 2.24) is 10.6 Å². The summed E-state index contributed by atoms with van der Waals surface area (Å²) in [5, 5.41) is 12.9. The molecule has 0 saturated carbocycles. The van der Waals surface area contributed by atoms with Crippen LogP contribution in [0.3, 0.4) is 0 Å². The summed E-state index contributed by atoms with van der Waals surface area (Å²) in [4.78, 5) is 2.36. The van der Waals surface area contributed by atoms with E-state index in [1.165, 1.54) is 43.1 Å². The lowest BCUT2D eigenvalue weighted by atomic mass is 10.0. The van der Waals surface area contributed by atoms with Crippen LogP contribution in [-0.2, 0) is 52.4 Å². The Morgan fingerprint density at radius 2 is 0.985 bits per heavy atom. The van der Waals surface area contributed by atoms with Crippen molar-refractivity contribution in [2.24, 2.45) is 11.8 Å². The van der Waals surface area contributed by atoms with Crippen molar-refractivity contribution >= 4 is 54.1 Å². The fourth-order valence-corrected chi connectivity index (χ4v) is 10.4. The van der Waals surface area contributed by atoms with Gasteiger partial charge in [-0.15, -0.1) is 31.7 Å². The first kappa shape index (κ1) is 51.8. The van der Waals surface area contributed by atoms with Crippen LogP contribution in [0, 0.1) is 11.8 Å². The van der Waals surface area contributed by atoms with E-state index >= 15 is 0 Å². The molecular weight excluding hydrogens is 923 g/mol. The number of rotatable bonds is 30. The molecule has 0 aliphatic carbocycles. The fourth-order valence-electron chi connectivity index (χ4n) is 7.67. The van der Waals surface area contributed by atoms with Crippen LogP contribution in [0.25, 0.3) is 20.9 Å². The summed E-state index contributed by atoms with van der Waals surface area (Å²) in [5.74, 6) is 2.95. The Kier molecular flexibility index (Phi) is 22.0. The molecule has 0 amide bonds. The molecule has 0 saturated heterocycles. The number of ether oxygens (including phenoxy) is 2. The summed E-state index contributed by atoms with van der Waals surface area (Å²) in [5.41, 5.74) is 9.46. The molecule has 0 aliphatic heterocycles. The molecule has 7 nitrogen and oxygen atoms in total. The molecule has 0 aliphatic rings. The highest BCUT2D eigenvalue weighted by Crippen LogP contribution is 2.36. The zero-order valence-electron chi connectivity index (χ0n) is 38.9. The van der Waals surface area contributed by atoms with Gasteiger partial charge in [0, 0.05) is 48.6 Å². The summed E-state index contributed by atoms with van der Waals surface area (Å²) in [6.07, 6.45) is 7.06. The summed E-state index contributed by atoms with van der Waals surface area (Å²) < 4.78 is 36.0. The number of thiophene rings is 2. The quantitative estimate of drug-likeness (QED) is 0.0344. The summed E-state index contributed by atoms with van der Waals surface area (Å²) in [6, 6.07) is 34.1. The van der Waals surface area contributed by atoms with Crippen molar-refractivity contribution in [3.05, 3.63) is 151 Å². The van der Waals surface area contributed by atoms with Gasteiger partial charge in [0.2, 0.25) is 0 Å². The van der Waals surface area contributed by atoms with Crippen molar-refractivity contribution in [2.75, 3.05) is 39.5 Å². The van der Waals surface area contributed by atoms with Crippen molar-refractivity contribution in [3.8, 4) is 32.4 Å².